The SMILES string of the molecule is CN(C(=O)c1cc(C(=O)O)co1)C1CCCCCCC1. The van der Waals surface area contributed by atoms with Gasteiger partial charge >= 0.3 is 5.97 Å². The molecule has 1 fully saturated rings. The number of aromatic carboxylic acids is 1. The Kier molecular flexibility index (Phi) is 4.82. The van der Waals surface area contributed by atoms with Crippen molar-refractivity contribution in [3.8, 4) is 0 Å². The fraction of sp³-hybridized carbons (Fsp3) is 0.600. The zero-order chi connectivity index (χ0) is 14.5. The highest BCUT2D eigenvalue weighted by atomic mass is 16.4. The van der Waals surface area contributed by atoms with Crippen LogP contribution in [0.3, 0.4) is 0 Å². The lowest BCUT2D eigenvalue weighted by Gasteiger charge is -2.29. The van der Waals surface area contributed by atoms with Gasteiger partial charge in [0.15, 0.2) is 5.76 Å². The van der Waals surface area contributed by atoms with Crippen LogP contribution < -0.4 is 0 Å². The van der Waals surface area contributed by atoms with Gasteiger partial charge in [0, 0.05) is 19.2 Å². The molecule has 0 saturated heterocycles. The molecule has 1 N–H and O–H groups in total. The van der Waals surface area contributed by atoms with E-state index in [1.54, 1.807) is 11.9 Å². The molecule has 20 heavy (non-hydrogen) atoms. The van der Waals surface area contributed by atoms with Crippen LogP contribution in [0.25, 0.3) is 0 Å². The van der Waals surface area contributed by atoms with Crippen molar-refractivity contribution in [1.29, 1.82) is 0 Å². The van der Waals surface area contributed by atoms with E-state index >= 15 is 0 Å². The molecule has 110 valence electrons. The molecular formula is C15H21NO4. The first-order chi connectivity index (χ1) is 9.59. The lowest BCUT2D eigenvalue weighted by atomic mass is 9.96. The quantitative estimate of drug-likeness (QED) is 0.922. The van der Waals surface area contributed by atoms with Gasteiger partial charge in [-0.1, -0.05) is 32.1 Å². The fourth-order valence-electron chi connectivity index (χ4n) is 2.72. The molecule has 0 bridgehead atoms. The maximum Gasteiger partial charge on any atom is 0.338 e. The molecule has 0 radical (unpaired) electrons. The molecule has 0 spiro atoms. The molecule has 0 aliphatic heterocycles. The summed E-state index contributed by atoms with van der Waals surface area (Å²) in [5.74, 6) is -1.21. The molecule has 0 atom stereocenters. The number of rotatable bonds is 3. The van der Waals surface area contributed by atoms with Crippen LogP contribution in [0.1, 0.15) is 65.9 Å². The number of carbonyl (C=O) groups is 2. The molecule has 5 nitrogen and oxygen atoms in total. The monoisotopic (exact) mass is 279 g/mol. The first-order valence-electron chi connectivity index (χ1n) is 7.18. The van der Waals surface area contributed by atoms with Gasteiger partial charge in [0.2, 0.25) is 0 Å². The van der Waals surface area contributed by atoms with Gasteiger partial charge in [0.1, 0.15) is 6.26 Å². The molecule has 1 aliphatic rings. The van der Waals surface area contributed by atoms with Crippen LogP contribution in [-0.2, 0) is 0 Å². The van der Waals surface area contributed by atoms with Crippen LogP contribution in [-0.4, -0.2) is 35.0 Å². The summed E-state index contributed by atoms with van der Waals surface area (Å²) in [6, 6.07) is 1.52. The number of nitrogens with zero attached hydrogens (tertiary/aromatic N) is 1. The third kappa shape index (κ3) is 3.40. The van der Waals surface area contributed by atoms with Gasteiger partial charge in [0.25, 0.3) is 5.91 Å². The Balaban J connectivity index is 2.04. The first-order valence-corrected chi connectivity index (χ1v) is 7.18. The van der Waals surface area contributed by atoms with E-state index in [2.05, 4.69) is 0 Å². The third-order valence-electron chi connectivity index (χ3n) is 4.00. The Morgan fingerprint density at radius 2 is 1.80 bits per heavy atom. The second-order valence-corrected chi connectivity index (χ2v) is 5.42. The van der Waals surface area contributed by atoms with Crippen LogP contribution in [0.2, 0.25) is 0 Å². The van der Waals surface area contributed by atoms with Gasteiger partial charge in [-0.25, -0.2) is 4.79 Å². The van der Waals surface area contributed by atoms with Gasteiger partial charge < -0.3 is 14.4 Å². The Morgan fingerprint density at radius 3 is 2.35 bits per heavy atom. The summed E-state index contributed by atoms with van der Waals surface area (Å²) in [6.07, 6.45) is 9.14. The van der Waals surface area contributed by atoms with Crippen LogP contribution in [0.15, 0.2) is 16.7 Å². The molecular weight excluding hydrogens is 258 g/mol. The summed E-state index contributed by atoms with van der Waals surface area (Å²) < 4.78 is 5.08. The van der Waals surface area contributed by atoms with E-state index in [1.807, 2.05) is 0 Å². The van der Waals surface area contributed by atoms with Crippen molar-refractivity contribution in [3.05, 3.63) is 23.7 Å². The van der Waals surface area contributed by atoms with E-state index in [0.29, 0.717) is 0 Å². The highest BCUT2D eigenvalue weighted by Crippen LogP contribution is 2.22. The van der Waals surface area contributed by atoms with E-state index in [4.69, 9.17) is 9.52 Å². The Labute approximate surface area is 118 Å². The predicted molar refractivity (Wildman–Crippen MR) is 73.9 cm³/mol. The summed E-state index contributed by atoms with van der Waals surface area (Å²) in [6.45, 7) is 0. The van der Waals surface area contributed by atoms with Gasteiger partial charge in [-0.05, 0) is 12.8 Å². The zero-order valence-electron chi connectivity index (χ0n) is 11.8. The third-order valence-corrected chi connectivity index (χ3v) is 4.00. The number of carboxylic acids is 1. The predicted octanol–water partition coefficient (Wildman–Crippen LogP) is 3.16. The minimum Gasteiger partial charge on any atom is -0.478 e. The van der Waals surface area contributed by atoms with Crippen LogP contribution in [0, 0.1) is 0 Å². The largest absolute Gasteiger partial charge is 0.478 e. The van der Waals surface area contributed by atoms with Crippen molar-refractivity contribution in [2.45, 2.75) is 51.0 Å². The number of carboxylic acid groups (broad SMARTS) is 1. The molecule has 1 aromatic heterocycles. The highest BCUT2D eigenvalue weighted by Gasteiger charge is 2.24. The van der Waals surface area contributed by atoms with E-state index < -0.39 is 5.97 Å². The number of amides is 1. The molecule has 1 saturated carbocycles. The number of furan rings is 1. The molecule has 5 heteroatoms. The molecule has 2 rings (SSSR count). The van der Waals surface area contributed by atoms with Crippen molar-refractivity contribution < 1.29 is 19.1 Å². The minimum absolute atomic E-state index is 0.0133. The van der Waals surface area contributed by atoms with Crippen molar-refractivity contribution in [2.75, 3.05) is 7.05 Å². The molecule has 1 aliphatic carbocycles. The van der Waals surface area contributed by atoms with Crippen molar-refractivity contribution in [1.82, 2.24) is 4.90 Å². The molecule has 1 amide bonds. The van der Waals surface area contributed by atoms with Gasteiger partial charge in [-0.2, -0.15) is 0 Å². The fourth-order valence-corrected chi connectivity index (χ4v) is 2.72. The summed E-state index contributed by atoms with van der Waals surface area (Å²) in [7, 11) is 1.78. The summed E-state index contributed by atoms with van der Waals surface area (Å²) in [5.41, 5.74) is 0.0133. The van der Waals surface area contributed by atoms with E-state index in [-0.39, 0.29) is 23.3 Å². The second-order valence-electron chi connectivity index (χ2n) is 5.42. The molecule has 0 aromatic carbocycles. The maximum atomic E-state index is 12.3. The molecule has 0 unspecified atom stereocenters. The van der Waals surface area contributed by atoms with Gasteiger partial charge in [-0.15, -0.1) is 0 Å². The van der Waals surface area contributed by atoms with Gasteiger partial charge in [-0.3, -0.25) is 4.79 Å². The van der Waals surface area contributed by atoms with Crippen LogP contribution in [0.5, 0.6) is 0 Å². The normalized spacial score (nSPS) is 17.2. The van der Waals surface area contributed by atoms with Crippen molar-refractivity contribution in [2.24, 2.45) is 0 Å². The lowest BCUT2D eigenvalue weighted by molar-refractivity contribution is 0.0671. The standard InChI is InChI=1S/C15H21NO4/c1-16(12-7-5-3-2-4-6-8-12)14(17)13-9-11(10-20-13)15(18)19/h9-10,12H,2-8H2,1H3,(H,18,19). The minimum atomic E-state index is -1.08. The van der Waals surface area contributed by atoms with Crippen molar-refractivity contribution >= 4 is 11.9 Å². The van der Waals surface area contributed by atoms with E-state index in [9.17, 15) is 9.59 Å². The summed E-state index contributed by atoms with van der Waals surface area (Å²) >= 11 is 0. The molecule has 1 aromatic rings. The number of carbonyl (C=O) groups excluding carboxylic acids is 1. The maximum absolute atomic E-state index is 12.3. The number of hydrogen-bond donors (Lipinski definition) is 1. The van der Waals surface area contributed by atoms with E-state index in [1.165, 1.54) is 25.3 Å². The first kappa shape index (κ1) is 14.6. The second kappa shape index (κ2) is 6.59. The number of hydrogen-bond acceptors (Lipinski definition) is 3. The Morgan fingerprint density at radius 1 is 1.20 bits per heavy atom. The topological polar surface area (TPSA) is 70.8 Å². The zero-order valence-corrected chi connectivity index (χ0v) is 11.8. The smallest absolute Gasteiger partial charge is 0.338 e. The van der Waals surface area contributed by atoms with Crippen LogP contribution >= 0.6 is 0 Å². The average Bonchev–Trinajstić information content (AvgIpc) is 2.86. The van der Waals surface area contributed by atoms with E-state index in [0.717, 1.165) is 31.9 Å². The summed E-state index contributed by atoms with van der Waals surface area (Å²) in [4.78, 5) is 24.8. The average molecular weight is 279 g/mol. The van der Waals surface area contributed by atoms with Crippen LogP contribution in [0.4, 0.5) is 0 Å². The Hall–Kier alpha value is -1.78. The molecule has 1 heterocycles. The highest BCUT2D eigenvalue weighted by molar-refractivity contribution is 5.95. The Bertz CT molecular complexity index is 472. The van der Waals surface area contributed by atoms with Gasteiger partial charge in [0.05, 0.1) is 5.56 Å². The lowest BCUT2D eigenvalue weighted by Crippen LogP contribution is -2.37. The van der Waals surface area contributed by atoms with Crippen molar-refractivity contribution in [3.63, 3.8) is 0 Å². The summed E-state index contributed by atoms with van der Waals surface area (Å²) in [5, 5.41) is 8.85.